The van der Waals surface area contributed by atoms with Crippen molar-refractivity contribution >= 4 is 0 Å². The third-order valence-electron chi connectivity index (χ3n) is 1.23. The van der Waals surface area contributed by atoms with Crippen LogP contribution in [0.25, 0.3) is 0 Å². The molecule has 0 fully saturated rings. The average molecular weight is 150 g/mol. The number of rotatable bonds is 6. The number of ether oxygens (including phenoxy) is 1. The lowest BCUT2D eigenvalue weighted by Crippen LogP contribution is -2.12. The van der Waals surface area contributed by atoms with Crippen LogP contribution in [0.15, 0.2) is 0 Å². The van der Waals surface area contributed by atoms with E-state index in [9.17, 15) is 4.53 Å². The van der Waals surface area contributed by atoms with Crippen molar-refractivity contribution in [3.8, 4) is 0 Å². The topological polar surface area (TPSA) is 18.5 Å². The highest BCUT2D eigenvalue weighted by Gasteiger charge is 2.04. The molecule has 62 valence electrons. The van der Waals surface area contributed by atoms with E-state index >= 15 is 0 Å². The van der Waals surface area contributed by atoms with E-state index < -0.39 is 6.29 Å². The first kappa shape index (κ1) is 9.85. The molecule has 0 spiro atoms. The SMILES string of the molecule is CCCCOC(CC)OF. The summed E-state index contributed by atoms with van der Waals surface area (Å²) < 4.78 is 16.4. The Morgan fingerprint density at radius 2 is 2.10 bits per heavy atom. The van der Waals surface area contributed by atoms with Gasteiger partial charge < -0.3 is 4.74 Å². The van der Waals surface area contributed by atoms with Crippen molar-refractivity contribution in [1.29, 1.82) is 0 Å². The summed E-state index contributed by atoms with van der Waals surface area (Å²) in [7, 11) is 0. The van der Waals surface area contributed by atoms with Gasteiger partial charge in [0.15, 0.2) is 6.29 Å². The Labute approximate surface area is 61.2 Å². The highest BCUT2D eigenvalue weighted by atomic mass is 19.3. The van der Waals surface area contributed by atoms with E-state index in [0.29, 0.717) is 13.0 Å². The number of unbranched alkanes of at least 4 members (excludes halogenated alkanes) is 1. The molecule has 1 atom stereocenters. The minimum atomic E-state index is -0.661. The Bertz CT molecular complexity index is 64.6. The molecular formula is C7H15FO2. The molecule has 0 aromatic rings. The third-order valence-corrected chi connectivity index (χ3v) is 1.23. The Balaban J connectivity index is 3.09. The second-order valence-electron chi connectivity index (χ2n) is 2.15. The molecule has 0 radical (unpaired) electrons. The zero-order valence-corrected chi connectivity index (χ0v) is 6.60. The quantitative estimate of drug-likeness (QED) is 0.427. The summed E-state index contributed by atoms with van der Waals surface area (Å²) in [5.74, 6) is 0. The predicted molar refractivity (Wildman–Crippen MR) is 37.1 cm³/mol. The largest absolute Gasteiger partial charge is 0.349 e. The second kappa shape index (κ2) is 6.96. The molecule has 1 unspecified atom stereocenters. The molecule has 0 rings (SSSR count). The van der Waals surface area contributed by atoms with Gasteiger partial charge in [-0.25, -0.2) is 0 Å². The summed E-state index contributed by atoms with van der Waals surface area (Å²) in [6.45, 7) is 4.45. The molecule has 0 saturated carbocycles. The van der Waals surface area contributed by atoms with Crippen molar-refractivity contribution in [2.24, 2.45) is 0 Å². The highest BCUT2D eigenvalue weighted by Crippen LogP contribution is 2.01. The lowest BCUT2D eigenvalue weighted by Gasteiger charge is -2.09. The fourth-order valence-corrected chi connectivity index (χ4v) is 0.566. The summed E-state index contributed by atoms with van der Waals surface area (Å²) in [5, 5.41) is 0. The molecule has 0 N–H and O–H groups in total. The lowest BCUT2D eigenvalue weighted by atomic mass is 10.4. The smallest absolute Gasteiger partial charge is 0.196 e. The maximum atomic E-state index is 11.5. The molecule has 0 aromatic heterocycles. The second-order valence-corrected chi connectivity index (χ2v) is 2.15. The molecule has 3 heteroatoms. The molecular weight excluding hydrogens is 135 g/mol. The summed E-state index contributed by atoms with van der Waals surface area (Å²) in [6, 6.07) is 0. The van der Waals surface area contributed by atoms with Crippen molar-refractivity contribution in [3.63, 3.8) is 0 Å². The van der Waals surface area contributed by atoms with Gasteiger partial charge in [-0.1, -0.05) is 20.3 Å². The van der Waals surface area contributed by atoms with Crippen LogP contribution in [-0.2, 0) is 9.68 Å². The Kier molecular flexibility index (Phi) is 6.86. The van der Waals surface area contributed by atoms with Crippen LogP contribution in [-0.4, -0.2) is 12.9 Å². The lowest BCUT2D eigenvalue weighted by molar-refractivity contribution is -0.275. The van der Waals surface area contributed by atoms with Crippen LogP contribution in [0.3, 0.4) is 0 Å². The first-order chi connectivity index (χ1) is 4.85. The molecule has 0 saturated heterocycles. The maximum Gasteiger partial charge on any atom is 0.196 e. The molecule has 0 heterocycles. The predicted octanol–water partition coefficient (Wildman–Crippen LogP) is 2.44. The van der Waals surface area contributed by atoms with E-state index in [1.807, 2.05) is 6.92 Å². The van der Waals surface area contributed by atoms with Crippen LogP contribution in [0.2, 0.25) is 0 Å². The Morgan fingerprint density at radius 3 is 2.50 bits per heavy atom. The summed E-state index contributed by atoms with van der Waals surface area (Å²) in [5.41, 5.74) is 0. The van der Waals surface area contributed by atoms with Gasteiger partial charge in [0.1, 0.15) is 0 Å². The van der Waals surface area contributed by atoms with Gasteiger partial charge in [0, 0.05) is 6.61 Å². The minimum absolute atomic E-state index is 0.556. The number of hydrogen-bond donors (Lipinski definition) is 0. The van der Waals surface area contributed by atoms with Gasteiger partial charge in [0.25, 0.3) is 0 Å². The van der Waals surface area contributed by atoms with Crippen LogP contribution < -0.4 is 0 Å². The first-order valence-corrected chi connectivity index (χ1v) is 3.74. The molecule has 0 aliphatic heterocycles. The standard InChI is InChI=1S/C7H15FO2/c1-3-5-6-9-7(4-2)10-8/h7H,3-6H2,1-2H3. The average Bonchev–Trinajstić information content (AvgIpc) is 1.99. The van der Waals surface area contributed by atoms with Crippen LogP contribution in [0.5, 0.6) is 0 Å². The first-order valence-electron chi connectivity index (χ1n) is 3.74. The third kappa shape index (κ3) is 4.70. The summed E-state index contributed by atoms with van der Waals surface area (Å²) in [6.07, 6.45) is 1.91. The van der Waals surface area contributed by atoms with Crippen LogP contribution in [0, 0.1) is 0 Å². The summed E-state index contributed by atoms with van der Waals surface area (Å²) >= 11 is 0. The van der Waals surface area contributed by atoms with Gasteiger partial charge in [0.2, 0.25) is 0 Å². The molecule has 0 bridgehead atoms. The van der Waals surface area contributed by atoms with Crippen molar-refractivity contribution in [2.75, 3.05) is 6.61 Å². The van der Waals surface area contributed by atoms with Gasteiger partial charge in [-0.15, -0.1) is 0 Å². The van der Waals surface area contributed by atoms with Crippen molar-refractivity contribution in [1.82, 2.24) is 0 Å². The van der Waals surface area contributed by atoms with E-state index in [0.717, 1.165) is 12.8 Å². The number of hydrogen-bond acceptors (Lipinski definition) is 2. The van der Waals surface area contributed by atoms with Crippen molar-refractivity contribution in [3.05, 3.63) is 0 Å². The molecule has 0 aliphatic carbocycles. The van der Waals surface area contributed by atoms with E-state index in [4.69, 9.17) is 4.74 Å². The summed E-state index contributed by atoms with van der Waals surface area (Å²) in [4.78, 5) is 3.52. The van der Waals surface area contributed by atoms with E-state index in [1.54, 1.807) is 0 Å². The number of halogens is 1. The zero-order valence-electron chi connectivity index (χ0n) is 6.60. The van der Waals surface area contributed by atoms with E-state index in [2.05, 4.69) is 11.9 Å². The van der Waals surface area contributed by atoms with E-state index in [1.165, 1.54) is 0 Å². The van der Waals surface area contributed by atoms with Crippen LogP contribution in [0.4, 0.5) is 4.53 Å². The molecule has 0 amide bonds. The van der Waals surface area contributed by atoms with Crippen molar-refractivity contribution in [2.45, 2.75) is 39.4 Å². The van der Waals surface area contributed by atoms with Gasteiger partial charge in [-0.3, -0.25) is 0 Å². The Morgan fingerprint density at radius 1 is 1.40 bits per heavy atom. The normalized spacial score (nSPS) is 13.5. The van der Waals surface area contributed by atoms with Crippen molar-refractivity contribution < 1.29 is 14.2 Å². The van der Waals surface area contributed by atoms with Gasteiger partial charge >= 0.3 is 0 Å². The molecule has 0 aliphatic rings. The van der Waals surface area contributed by atoms with Crippen LogP contribution in [0.1, 0.15) is 33.1 Å². The van der Waals surface area contributed by atoms with Gasteiger partial charge in [-0.2, -0.15) is 4.94 Å². The zero-order chi connectivity index (χ0) is 7.82. The Hall–Kier alpha value is -0.150. The fourth-order valence-electron chi connectivity index (χ4n) is 0.566. The highest BCUT2D eigenvalue weighted by molar-refractivity contribution is 4.37. The van der Waals surface area contributed by atoms with Crippen LogP contribution >= 0.6 is 0 Å². The van der Waals surface area contributed by atoms with E-state index in [-0.39, 0.29) is 0 Å². The maximum absolute atomic E-state index is 11.5. The molecule has 10 heavy (non-hydrogen) atoms. The fraction of sp³-hybridized carbons (Fsp3) is 1.00. The monoisotopic (exact) mass is 150 g/mol. The van der Waals surface area contributed by atoms with Gasteiger partial charge in [-0.05, 0) is 17.4 Å². The molecule has 0 aromatic carbocycles. The van der Waals surface area contributed by atoms with Gasteiger partial charge in [0.05, 0.1) is 0 Å². The molecule has 2 nitrogen and oxygen atoms in total. The minimum Gasteiger partial charge on any atom is -0.349 e.